The van der Waals surface area contributed by atoms with Crippen LogP contribution in [0.25, 0.3) is 0 Å². The van der Waals surface area contributed by atoms with Gasteiger partial charge < -0.3 is 14.1 Å². The monoisotopic (exact) mass is 451 g/mol. The van der Waals surface area contributed by atoms with Crippen LogP contribution in [-0.2, 0) is 9.53 Å². The lowest BCUT2D eigenvalue weighted by Crippen LogP contribution is -2.51. The number of ketones is 1. The summed E-state index contributed by atoms with van der Waals surface area (Å²) in [6, 6.07) is 3.85. The number of likely N-dealkylation sites (tertiary alicyclic amines) is 1. The van der Waals surface area contributed by atoms with Crippen molar-refractivity contribution in [1.29, 1.82) is 0 Å². The summed E-state index contributed by atoms with van der Waals surface area (Å²) in [5.41, 5.74) is 2.24. The zero-order valence-corrected chi connectivity index (χ0v) is 20.2. The number of allylic oxidation sites excluding steroid dienone is 1. The molecule has 1 aromatic rings. The van der Waals surface area contributed by atoms with E-state index in [1.807, 2.05) is 0 Å². The molecule has 8 atom stereocenters. The van der Waals surface area contributed by atoms with Crippen molar-refractivity contribution in [1.82, 2.24) is 4.90 Å². The fourth-order valence-electron chi connectivity index (χ4n) is 9.24. The molecule has 6 rings (SSSR count). The highest BCUT2D eigenvalue weighted by molar-refractivity contribution is 6.39. The average Bonchev–Trinajstić information content (AvgIpc) is 3.50. The summed E-state index contributed by atoms with van der Waals surface area (Å²) in [4.78, 5) is 27.3. The molecule has 0 bridgehead atoms. The molecule has 4 aliphatic carbocycles. The summed E-state index contributed by atoms with van der Waals surface area (Å²) in [7, 11) is 2.33. The SMILES string of the molecule is C[C@H]1[C@H]2CCC3C4CC=C5C[C@@H](OC(=O)C(=O)c6ccco6)CC[C@]5(C)C4CC[C@@]32CN1C. The molecule has 0 N–H and O–H groups in total. The lowest BCUT2D eigenvalue weighted by molar-refractivity contribution is -0.145. The van der Waals surface area contributed by atoms with Gasteiger partial charge in [0.25, 0.3) is 0 Å². The number of hydrogen-bond acceptors (Lipinski definition) is 5. The standard InChI is InChI=1S/C28H37NO4/c1-17-21-8-9-23-20-7-6-18-15-19(33-26(31)25(30)24-5-4-14-32-24)10-12-27(18,2)22(20)11-13-28(21,23)16-29(17)3/h4-6,14,17,19-23H,7-13,15-16H2,1-3H3/t17-,19-,20?,21+,22?,23?,27-,28-/m0/s1. The van der Waals surface area contributed by atoms with Gasteiger partial charge in [-0.15, -0.1) is 0 Å². The van der Waals surface area contributed by atoms with E-state index >= 15 is 0 Å². The Morgan fingerprint density at radius 2 is 1.94 bits per heavy atom. The van der Waals surface area contributed by atoms with E-state index in [-0.39, 0.29) is 17.3 Å². The highest BCUT2D eigenvalue weighted by atomic mass is 16.5. The summed E-state index contributed by atoms with van der Waals surface area (Å²) in [6.45, 7) is 6.23. The van der Waals surface area contributed by atoms with Gasteiger partial charge in [0.1, 0.15) is 6.10 Å². The number of fused-ring (bicyclic) bond motifs is 4. The van der Waals surface area contributed by atoms with Crippen LogP contribution >= 0.6 is 0 Å². The van der Waals surface area contributed by atoms with E-state index in [9.17, 15) is 9.59 Å². The molecule has 2 heterocycles. The largest absolute Gasteiger partial charge is 0.461 e. The summed E-state index contributed by atoms with van der Waals surface area (Å²) < 4.78 is 10.7. The Bertz CT molecular complexity index is 982. The first kappa shape index (κ1) is 21.6. The lowest BCUT2D eigenvalue weighted by Gasteiger charge is -2.58. The third-order valence-electron chi connectivity index (χ3n) is 10.9. The Hall–Kier alpha value is -1.88. The first-order valence-corrected chi connectivity index (χ1v) is 13.0. The number of carbonyl (C=O) groups excluding carboxylic acids is 2. The minimum atomic E-state index is -0.788. The Balaban J connectivity index is 1.18. The van der Waals surface area contributed by atoms with Crippen molar-refractivity contribution in [3.8, 4) is 0 Å². The molecule has 178 valence electrons. The zero-order chi connectivity index (χ0) is 23.0. The molecule has 1 aliphatic heterocycles. The van der Waals surface area contributed by atoms with Crippen LogP contribution in [0.4, 0.5) is 0 Å². The van der Waals surface area contributed by atoms with Gasteiger partial charge in [-0.05, 0) is 106 Å². The molecule has 0 aromatic carbocycles. The molecule has 1 spiro atoms. The number of hydrogen-bond donors (Lipinski definition) is 0. The Morgan fingerprint density at radius 1 is 1.12 bits per heavy atom. The maximum atomic E-state index is 12.4. The van der Waals surface area contributed by atoms with Gasteiger partial charge in [-0.3, -0.25) is 4.79 Å². The molecular formula is C28H37NO4. The van der Waals surface area contributed by atoms with Gasteiger partial charge >= 0.3 is 11.8 Å². The van der Waals surface area contributed by atoms with Gasteiger partial charge in [0.05, 0.1) is 6.26 Å². The smallest absolute Gasteiger partial charge is 0.383 e. The number of nitrogens with zero attached hydrogens (tertiary/aromatic N) is 1. The molecule has 0 radical (unpaired) electrons. The summed E-state index contributed by atoms with van der Waals surface area (Å²) in [6.07, 6.45) is 13.1. The van der Waals surface area contributed by atoms with Crippen molar-refractivity contribution < 1.29 is 18.7 Å². The van der Waals surface area contributed by atoms with Gasteiger partial charge in [0.15, 0.2) is 5.76 Å². The van der Waals surface area contributed by atoms with Crippen LogP contribution in [0.1, 0.15) is 75.8 Å². The van der Waals surface area contributed by atoms with Crippen molar-refractivity contribution in [2.45, 2.75) is 77.4 Å². The Labute approximate surface area is 196 Å². The van der Waals surface area contributed by atoms with Crippen LogP contribution in [0.15, 0.2) is 34.5 Å². The van der Waals surface area contributed by atoms with Crippen LogP contribution in [0.3, 0.4) is 0 Å². The van der Waals surface area contributed by atoms with Crippen molar-refractivity contribution >= 4 is 11.8 Å². The molecule has 1 saturated heterocycles. The quantitative estimate of drug-likeness (QED) is 0.271. The minimum absolute atomic E-state index is 0.0539. The van der Waals surface area contributed by atoms with E-state index in [0.717, 1.165) is 49.0 Å². The predicted molar refractivity (Wildman–Crippen MR) is 125 cm³/mol. The molecule has 33 heavy (non-hydrogen) atoms. The second kappa shape index (κ2) is 7.56. The van der Waals surface area contributed by atoms with Crippen LogP contribution in [-0.4, -0.2) is 42.4 Å². The van der Waals surface area contributed by atoms with Gasteiger partial charge in [0, 0.05) is 19.0 Å². The summed E-state index contributed by atoms with van der Waals surface area (Å²) in [5.74, 6) is 1.88. The number of furan rings is 1. The topological polar surface area (TPSA) is 59.8 Å². The molecule has 5 heteroatoms. The number of ether oxygens (including phenoxy) is 1. The summed E-state index contributed by atoms with van der Waals surface area (Å²) in [5, 5.41) is 0. The second-order valence-electron chi connectivity index (χ2n) is 11.9. The van der Waals surface area contributed by atoms with Crippen molar-refractivity contribution in [2.75, 3.05) is 13.6 Å². The van der Waals surface area contributed by atoms with Crippen molar-refractivity contribution in [3.05, 3.63) is 35.8 Å². The number of Topliss-reactive ketones (excluding diaryl/α,β-unsaturated/α-hetero) is 1. The molecule has 1 aromatic heterocycles. The number of rotatable bonds is 3. The van der Waals surface area contributed by atoms with E-state index in [0.29, 0.717) is 5.41 Å². The van der Waals surface area contributed by atoms with Crippen LogP contribution < -0.4 is 0 Å². The average molecular weight is 452 g/mol. The minimum Gasteiger partial charge on any atom is -0.461 e. The van der Waals surface area contributed by atoms with E-state index in [4.69, 9.17) is 9.15 Å². The Kier molecular flexibility index (Phi) is 4.96. The third kappa shape index (κ3) is 3.07. The number of carbonyl (C=O) groups is 2. The van der Waals surface area contributed by atoms with E-state index in [1.165, 1.54) is 56.6 Å². The third-order valence-corrected chi connectivity index (χ3v) is 10.9. The van der Waals surface area contributed by atoms with Gasteiger partial charge in [-0.1, -0.05) is 18.6 Å². The van der Waals surface area contributed by atoms with E-state index < -0.39 is 11.8 Å². The maximum Gasteiger partial charge on any atom is 0.383 e. The fourth-order valence-corrected chi connectivity index (χ4v) is 9.24. The maximum absolute atomic E-state index is 12.4. The van der Waals surface area contributed by atoms with Gasteiger partial charge in [-0.2, -0.15) is 0 Å². The number of esters is 1. The highest BCUT2D eigenvalue weighted by Crippen LogP contribution is 2.68. The molecule has 5 nitrogen and oxygen atoms in total. The van der Waals surface area contributed by atoms with E-state index in [2.05, 4.69) is 31.9 Å². The second-order valence-corrected chi connectivity index (χ2v) is 11.9. The first-order chi connectivity index (χ1) is 15.8. The summed E-state index contributed by atoms with van der Waals surface area (Å²) >= 11 is 0. The van der Waals surface area contributed by atoms with Gasteiger partial charge in [0.2, 0.25) is 0 Å². The van der Waals surface area contributed by atoms with Crippen molar-refractivity contribution in [3.63, 3.8) is 0 Å². The van der Waals surface area contributed by atoms with Gasteiger partial charge in [-0.25, -0.2) is 4.79 Å². The fraction of sp³-hybridized carbons (Fsp3) is 0.714. The molecular weight excluding hydrogens is 414 g/mol. The van der Waals surface area contributed by atoms with Crippen LogP contribution in [0, 0.1) is 34.5 Å². The molecule has 5 aliphatic rings. The van der Waals surface area contributed by atoms with E-state index in [1.54, 1.807) is 6.07 Å². The van der Waals surface area contributed by atoms with Crippen LogP contribution in [0.5, 0.6) is 0 Å². The Morgan fingerprint density at radius 3 is 2.73 bits per heavy atom. The van der Waals surface area contributed by atoms with Crippen molar-refractivity contribution in [2.24, 2.45) is 34.5 Å². The highest BCUT2D eigenvalue weighted by Gasteiger charge is 2.64. The molecule has 4 fully saturated rings. The molecule has 3 saturated carbocycles. The normalized spacial score (nSPS) is 44.3. The molecule has 3 unspecified atom stereocenters. The zero-order valence-electron chi connectivity index (χ0n) is 20.2. The first-order valence-electron chi connectivity index (χ1n) is 13.0. The van der Waals surface area contributed by atoms with Crippen LogP contribution in [0.2, 0.25) is 0 Å². The predicted octanol–water partition coefficient (Wildman–Crippen LogP) is 5.27. The molecule has 0 amide bonds. The lowest BCUT2D eigenvalue weighted by atomic mass is 9.47.